The zero-order valence-electron chi connectivity index (χ0n) is 16.0. The molecule has 0 fully saturated rings. The van der Waals surface area contributed by atoms with Crippen LogP contribution in [-0.2, 0) is 12.8 Å². The van der Waals surface area contributed by atoms with Gasteiger partial charge in [-0.1, -0.05) is 6.07 Å². The van der Waals surface area contributed by atoms with E-state index in [9.17, 15) is 4.39 Å². The molecule has 0 atom stereocenters. The lowest BCUT2D eigenvalue weighted by Gasteiger charge is -2.11. The Balaban J connectivity index is 0.00000240. The Labute approximate surface area is 184 Å². The average molecular weight is 507 g/mol. The van der Waals surface area contributed by atoms with Gasteiger partial charge in [-0.15, -0.1) is 34.2 Å². The van der Waals surface area contributed by atoms with E-state index in [2.05, 4.69) is 30.8 Å². The average Bonchev–Trinajstić information content (AvgIpc) is 3.31. The molecule has 0 amide bonds. The second-order valence-corrected chi connectivity index (χ2v) is 6.47. The lowest BCUT2D eigenvalue weighted by atomic mass is 10.1. The molecule has 0 unspecified atom stereocenters. The van der Waals surface area contributed by atoms with Crippen LogP contribution in [0.4, 0.5) is 4.39 Å². The van der Waals surface area contributed by atoms with Crippen molar-refractivity contribution in [3.05, 3.63) is 66.0 Å². The fourth-order valence-electron chi connectivity index (χ4n) is 3.26. The van der Waals surface area contributed by atoms with E-state index in [0.29, 0.717) is 6.54 Å². The van der Waals surface area contributed by atoms with E-state index in [1.165, 1.54) is 12.1 Å². The maximum absolute atomic E-state index is 13.3. The van der Waals surface area contributed by atoms with Crippen LogP contribution in [0.3, 0.4) is 0 Å². The predicted octanol–water partition coefficient (Wildman–Crippen LogP) is 2.92. The Morgan fingerprint density at radius 2 is 1.97 bits per heavy atom. The third-order valence-electron chi connectivity index (χ3n) is 4.67. The van der Waals surface area contributed by atoms with Crippen molar-refractivity contribution in [2.45, 2.75) is 12.8 Å². The highest BCUT2D eigenvalue weighted by Gasteiger charge is 2.07. The van der Waals surface area contributed by atoms with Gasteiger partial charge in [0.05, 0.1) is 0 Å². The van der Waals surface area contributed by atoms with Gasteiger partial charge in [0.15, 0.2) is 11.6 Å². The van der Waals surface area contributed by atoms with Crippen molar-refractivity contribution >= 4 is 46.5 Å². The lowest BCUT2D eigenvalue weighted by molar-refractivity contribution is 0.629. The summed E-state index contributed by atoms with van der Waals surface area (Å²) in [5, 5.41) is 16.0. The normalized spacial score (nSPS) is 11.6. The molecule has 0 aliphatic carbocycles. The molecule has 9 heteroatoms. The highest BCUT2D eigenvalue weighted by molar-refractivity contribution is 14.0. The lowest BCUT2D eigenvalue weighted by Crippen LogP contribution is -2.39. The van der Waals surface area contributed by atoms with Crippen molar-refractivity contribution in [3.63, 3.8) is 0 Å². The molecule has 152 valence electrons. The maximum atomic E-state index is 13.3. The van der Waals surface area contributed by atoms with Crippen LogP contribution in [0.2, 0.25) is 0 Å². The smallest absolute Gasteiger partial charge is 0.191 e. The number of aromatic amines is 1. The summed E-state index contributed by atoms with van der Waals surface area (Å²) in [6.07, 6.45) is 5.43. The van der Waals surface area contributed by atoms with Crippen LogP contribution in [0.5, 0.6) is 0 Å². The zero-order valence-corrected chi connectivity index (χ0v) is 18.4. The minimum atomic E-state index is -0.232. The van der Waals surface area contributed by atoms with Gasteiger partial charge in [-0.3, -0.25) is 9.39 Å². The number of benzene rings is 1. The molecule has 0 bridgehead atoms. The molecule has 3 N–H and O–H groups in total. The molecule has 0 radical (unpaired) electrons. The molecular weight excluding hydrogens is 484 g/mol. The summed E-state index contributed by atoms with van der Waals surface area (Å²) in [5.41, 5.74) is 2.81. The Kier molecular flexibility index (Phi) is 7.02. The molecule has 4 rings (SSSR count). The molecule has 7 nitrogen and oxygen atoms in total. The first-order valence-electron chi connectivity index (χ1n) is 9.23. The Morgan fingerprint density at radius 1 is 1.14 bits per heavy atom. The van der Waals surface area contributed by atoms with E-state index in [4.69, 9.17) is 0 Å². The number of rotatable bonds is 6. The van der Waals surface area contributed by atoms with Crippen LogP contribution < -0.4 is 10.6 Å². The van der Waals surface area contributed by atoms with Crippen LogP contribution in [0, 0.1) is 5.82 Å². The van der Waals surface area contributed by atoms with E-state index < -0.39 is 0 Å². The Hall–Kier alpha value is -2.69. The number of nitrogens with zero attached hydrogens (tertiary/aromatic N) is 4. The van der Waals surface area contributed by atoms with Crippen molar-refractivity contribution in [2.24, 2.45) is 4.99 Å². The molecule has 0 aliphatic heterocycles. The zero-order chi connectivity index (χ0) is 19.3. The summed E-state index contributed by atoms with van der Waals surface area (Å²) in [7, 11) is 1.75. The quantitative estimate of drug-likeness (QED) is 0.213. The molecule has 0 aliphatic rings. The van der Waals surface area contributed by atoms with Crippen LogP contribution in [-0.4, -0.2) is 45.7 Å². The Bertz CT molecular complexity index is 1120. The van der Waals surface area contributed by atoms with Crippen LogP contribution >= 0.6 is 24.0 Å². The predicted molar refractivity (Wildman–Crippen MR) is 123 cm³/mol. The molecule has 0 spiro atoms. The molecule has 1 aromatic carbocycles. The van der Waals surface area contributed by atoms with Gasteiger partial charge in [0.25, 0.3) is 0 Å². The minimum Gasteiger partial charge on any atom is -0.361 e. The van der Waals surface area contributed by atoms with E-state index in [1.54, 1.807) is 7.05 Å². The number of fused-ring (bicyclic) bond motifs is 2. The first-order valence-corrected chi connectivity index (χ1v) is 9.23. The third-order valence-corrected chi connectivity index (χ3v) is 4.67. The first kappa shape index (κ1) is 21.0. The van der Waals surface area contributed by atoms with Crippen LogP contribution in [0.25, 0.3) is 16.6 Å². The molecule has 29 heavy (non-hydrogen) atoms. The standard InChI is InChI=1S/C20H22FN7.HI/c1-22-20(24-10-8-19-27-26-18-4-2-3-11-28(18)19)23-9-7-14-13-25-17-12-15(21)5-6-16(14)17;/h2-6,11-13,25H,7-10H2,1H3,(H2,22,23,24);1H. The van der Waals surface area contributed by atoms with Crippen molar-refractivity contribution in [1.82, 2.24) is 30.2 Å². The van der Waals surface area contributed by atoms with Gasteiger partial charge in [-0.05, 0) is 42.3 Å². The SMILES string of the molecule is CN=C(NCCc1c[nH]c2cc(F)ccc12)NCCc1nnc2ccccn12.I. The van der Waals surface area contributed by atoms with E-state index in [-0.39, 0.29) is 29.8 Å². The fraction of sp³-hybridized carbons (Fsp3) is 0.250. The fourth-order valence-corrected chi connectivity index (χ4v) is 3.26. The molecule has 0 saturated carbocycles. The highest BCUT2D eigenvalue weighted by atomic mass is 127. The topological polar surface area (TPSA) is 82.4 Å². The van der Waals surface area contributed by atoms with E-state index in [0.717, 1.165) is 53.3 Å². The number of hydrogen-bond acceptors (Lipinski definition) is 3. The largest absolute Gasteiger partial charge is 0.361 e. The van der Waals surface area contributed by atoms with Gasteiger partial charge in [-0.25, -0.2) is 4.39 Å². The van der Waals surface area contributed by atoms with Crippen LogP contribution in [0.15, 0.2) is 53.8 Å². The summed E-state index contributed by atoms with van der Waals surface area (Å²) in [6, 6.07) is 10.7. The molecular formula is C20H23FIN7. The monoisotopic (exact) mass is 507 g/mol. The number of halogens is 2. The molecule has 3 aromatic heterocycles. The van der Waals surface area contributed by atoms with Gasteiger partial charge in [0, 0.05) is 49.9 Å². The second kappa shape index (κ2) is 9.68. The third kappa shape index (κ3) is 4.84. The first-order chi connectivity index (χ1) is 13.7. The van der Waals surface area contributed by atoms with Gasteiger partial charge < -0.3 is 15.6 Å². The summed E-state index contributed by atoms with van der Waals surface area (Å²) in [4.78, 5) is 7.37. The summed E-state index contributed by atoms with van der Waals surface area (Å²) in [5.74, 6) is 1.41. The molecule has 0 saturated heterocycles. The summed E-state index contributed by atoms with van der Waals surface area (Å²) < 4.78 is 15.3. The summed E-state index contributed by atoms with van der Waals surface area (Å²) >= 11 is 0. The maximum Gasteiger partial charge on any atom is 0.191 e. The number of aliphatic imine (C=N–C) groups is 1. The number of hydrogen-bond donors (Lipinski definition) is 3. The molecule has 4 aromatic rings. The number of nitrogens with one attached hydrogen (secondary N) is 3. The van der Waals surface area contributed by atoms with E-state index >= 15 is 0 Å². The van der Waals surface area contributed by atoms with Crippen molar-refractivity contribution in [2.75, 3.05) is 20.1 Å². The molecule has 3 heterocycles. The van der Waals surface area contributed by atoms with Crippen molar-refractivity contribution in [1.29, 1.82) is 0 Å². The number of aromatic nitrogens is 4. The van der Waals surface area contributed by atoms with Crippen LogP contribution in [0.1, 0.15) is 11.4 Å². The van der Waals surface area contributed by atoms with Gasteiger partial charge in [-0.2, -0.15) is 0 Å². The summed E-state index contributed by atoms with van der Waals surface area (Å²) in [6.45, 7) is 1.42. The number of pyridine rings is 1. The Morgan fingerprint density at radius 3 is 2.79 bits per heavy atom. The van der Waals surface area contributed by atoms with Gasteiger partial charge in [0.2, 0.25) is 0 Å². The van der Waals surface area contributed by atoms with Gasteiger partial charge in [0.1, 0.15) is 11.6 Å². The van der Waals surface area contributed by atoms with E-state index in [1.807, 2.05) is 41.1 Å². The number of H-pyrrole nitrogens is 1. The van der Waals surface area contributed by atoms with Crippen molar-refractivity contribution in [3.8, 4) is 0 Å². The minimum absolute atomic E-state index is 0. The van der Waals surface area contributed by atoms with Gasteiger partial charge >= 0.3 is 0 Å². The second-order valence-electron chi connectivity index (χ2n) is 6.47. The highest BCUT2D eigenvalue weighted by Crippen LogP contribution is 2.19. The number of guanidine groups is 1. The van der Waals surface area contributed by atoms with Crippen molar-refractivity contribution < 1.29 is 4.39 Å².